The summed E-state index contributed by atoms with van der Waals surface area (Å²) in [6.45, 7) is 0. The average Bonchev–Trinajstić information content (AvgIpc) is 2.16. The molecule has 1 atom stereocenters. The maximum Gasteiger partial charge on any atom is 0.251 e. The lowest BCUT2D eigenvalue weighted by Crippen LogP contribution is -2.23. The van der Waals surface area contributed by atoms with Crippen molar-refractivity contribution in [3.63, 3.8) is 0 Å². The molecule has 1 rings (SSSR count). The first kappa shape index (κ1) is 12.1. The monoisotopic (exact) mass is 230 g/mol. The summed E-state index contributed by atoms with van der Waals surface area (Å²) in [6, 6.07) is 1.00. The molecule has 0 bridgehead atoms. The summed E-state index contributed by atoms with van der Waals surface area (Å²) in [5.74, 6) is -4.73. The molecule has 1 aromatic rings. The van der Waals surface area contributed by atoms with Crippen LogP contribution < -0.4 is 11.5 Å². The van der Waals surface area contributed by atoms with Crippen molar-refractivity contribution in [2.75, 3.05) is 0 Å². The van der Waals surface area contributed by atoms with Gasteiger partial charge in [-0.2, -0.15) is 0 Å². The van der Waals surface area contributed by atoms with E-state index in [1.807, 2.05) is 0 Å². The van der Waals surface area contributed by atoms with Crippen molar-refractivity contribution in [1.29, 1.82) is 0 Å². The van der Waals surface area contributed by atoms with Crippen LogP contribution in [0.2, 0.25) is 0 Å². The molecule has 0 saturated heterocycles. The SMILES string of the molecule is NC(=O)c1cc(C(O)C(N)=O)c(F)cc1F. The van der Waals surface area contributed by atoms with Crippen molar-refractivity contribution in [2.24, 2.45) is 11.5 Å². The Labute approximate surface area is 88.7 Å². The number of aliphatic hydroxyl groups is 1. The Morgan fingerprint density at radius 2 is 1.75 bits per heavy atom. The Kier molecular flexibility index (Phi) is 3.19. The van der Waals surface area contributed by atoms with Crippen LogP contribution in [0.4, 0.5) is 8.78 Å². The van der Waals surface area contributed by atoms with Gasteiger partial charge in [0, 0.05) is 11.6 Å². The van der Waals surface area contributed by atoms with E-state index in [-0.39, 0.29) is 0 Å². The van der Waals surface area contributed by atoms with Crippen LogP contribution >= 0.6 is 0 Å². The van der Waals surface area contributed by atoms with E-state index in [1.165, 1.54) is 0 Å². The molecule has 0 radical (unpaired) electrons. The lowest BCUT2D eigenvalue weighted by Gasteiger charge is -2.09. The first-order valence-corrected chi connectivity index (χ1v) is 4.10. The van der Waals surface area contributed by atoms with Crippen LogP contribution in [0.15, 0.2) is 12.1 Å². The van der Waals surface area contributed by atoms with Gasteiger partial charge in [-0.15, -0.1) is 0 Å². The van der Waals surface area contributed by atoms with E-state index in [9.17, 15) is 23.5 Å². The minimum absolute atomic E-state index is 0.349. The van der Waals surface area contributed by atoms with Gasteiger partial charge in [-0.3, -0.25) is 9.59 Å². The van der Waals surface area contributed by atoms with Crippen LogP contribution in [-0.4, -0.2) is 16.9 Å². The molecule has 1 aromatic carbocycles. The number of amides is 2. The van der Waals surface area contributed by atoms with Gasteiger partial charge in [0.05, 0.1) is 5.56 Å². The first-order valence-electron chi connectivity index (χ1n) is 4.10. The summed E-state index contributed by atoms with van der Waals surface area (Å²) < 4.78 is 26.2. The van der Waals surface area contributed by atoms with Gasteiger partial charge in [-0.05, 0) is 6.07 Å². The van der Waals surface area contributed by atoms with Gasteiger partial charge in [0.25, 0.3) is 11.8 Å². The summed E-state index contributed by atoms with van der Waals surface area (Å²) in [6.07, 6.45) is -1.96. The van der Waals surface area contributed by atoms with Crippen LogP contribution in [0.5, 0.6) is 0 Å². The van der Waals surface area contributed by atoms with Crippen molar-refractivity contribution < 1.29 is 23.5 Å². The molecule has 0 aromatic heterocycles. The molecule has 0 fully saturated rings. The molecule has 1 unspecified atom stereocenters. The van der Waals surface area contributed by atoms with Gasteiger partial charge < -0.3 is 16.6 Å². The van der Waals surface area contributed by atoms with E-state index in [4.69, 9.17) is 11.5 Å². The largest absolute Gasteiger partial charge is 0.378 e. The zero-order valence-electron chi connectivity index (χ0n) is 7.91. The smallest absolute Gasteiger partial charge is 0.251 e. The van der Waals surface area contributed by atoms with Crippen LogP contribution in [-0.2, 0) is 4.79 Å². The van der Waals surface area contributed by atoms with Crippen LogP contribution in [0.25, 0.3) is 0 Å². The van der Waals surface area contributed by atoms with E-state index in [2.05, 4.69) is 0 Å². The topological polar surface area (TPSA) is 106 Å². The lowest BCUT2D eigenvalue weighted by atomic mass is 10.0. The van der Waals surface area contributed by atoms with Gasteiger partial charge in [-0.25, -0.2) is 8.78 Å². The number of primary amides is 2. The molecule has 16 heavy (non-hydrogen) atoms. The molecule has 7 heteroatoms. The molecule has 5 N–H and O–H groups in total. The highest BCUT2D eigenvalue weighted by molar-refractivity contribution is 5.93. The molecular formula is C9H8F2N2O3. The zero-order valence-corrected chi connectivity index (χ0v) is 7.91. The molecule has 0 aliphatic rings. The van der Waals surface area contributed by atoms with E-state index in [0.717, 1.165) is 0 Å². The Morgan fingerprint density at radius 3 is 2.19 bits per heavy atom. The quantitative estimate of drug-likeness (QED) is 0.656. The molecule has 0 spiro atoms. The van der Waals surface area contributed by atoms with Crippen LogP contribution in [0.3, 0.4) is 0 Å². The second-order valence-corrected chi connectivity index (χ2v) is 3.02. The number of benzene rings is 1. The van der Waals surface area contributed by atoms with Crippen molar-refractivity contribution >= 4 is 11.8 Å². The first-order chi connectivity index (χ1) is 7.34. The Hall–Kier alpha value is -2.02. The van der Waals surface area contributed by atoms with Gasteiger partial charge in [0.1, 0.15) is 11.6 Å². The van der Waals surface area contributed by atoms with E-state index in [1.54, 1.807) is 0 Å². The van der Waals surface area contributed by atoms with Crippen molar-refractivity contribution in [3.8, 4) is 0 Å². The Bertz CT molecular complexity index is 462. The second kappa shape index (κ2) is 4.23. The maximum absolute atomic E-state index is 13.1. The predicted molar refractivity (Wildman–Crippen MR) is 49.0 cm³/mol. The van der Waals surface area contributed by atoms with Gasteiger partial charge in [-0.1, -0.05) is 0 Å². The van der Waals surface area contributed by atoms with Crippen molar-refractivity contribution in [1.82, 2.24) is 0 Å². The number of carbonyl (C=O) groups excluding carboxylic acids is 2. The normalized spacial score (nSPS) is 12.2. The summed E-state index contributed by atoms with van der Waals surface area (Å²) in [4.78, 5) is 21.4. The fourth-order valence-corrected chi connectivity index (χ4v) is 1.12. The highest BCUT2D eigenvalue weighted by atomic mass is 19.1. The zero-order chi connectivity index (χ0) is 12.5. The maximum atomic E-state index is 13.1. The highest BCUT2D eigenvalue weighted by Gasteiger charge is 2.22. The van der Waals surface area contributed by atoms with Crippen molar-refractivity contribution in [3.05, 3.63) is 34.9 Å². The fourth-order valence-electron chi connectivity index (χ4n) is 1.12. The summed E-state index contributed by atoms with van der Waals surface area (Å²) in [5.41, 5.74) is 8.32. The van der Waals surface area contributed by atoms with Crippen LogP contribution in [0.1, 0.15) is 22.0 Å². The molecule has 5 nitrogen and oxygen atoms in total. The van der Waals surface area contributed by atoms with E-state index >= 15 is 0 Å². The number of carbonyl (C=O) groups is 2. The number of rotatable bonds is 3. The second-order valence-electron chi connectivity index (χ2n) is 3.02. The molecule has 86 valence electrons. The Morgan fingerprint density at radius 1 is 1.19 bits per heavy atom. The minimum atomic E-state index is -1.96. The molecule has 0 saturated carbocycles. The predicted octanol–water partition coefficient (Wildman–Crippen LogP) is -0.418. The molecular weight excluding hydrogens is 222 g/mol. The average molecular weight is 230 g/mol. The number of hydrogen-bond donors (Lipinski definition) is 3. The lowest BCUT2D eigenvalue weighted by molar-refractivity contribution is -0.126. The summed E-state index contributed by atoms with van der Waals surface area (Å²) >= 11 is 0. The number of nitrogens with two attached hydrogens (primary N) is 2. The molecule has 0 aliphatic heterocycles. The number of hydrogen-bond acceptors (Lipinski definition) is 3. The van der Waals surface area contributed by atoms with E-state index in [0.29, 0.717) is 12.1 Å². The molecule has 0 aliphatic carbocycles. The third-order valence-electron chi connectivity index (χ3n) is 1.92. The fraction of sp³-hybridized carbons (Fsp3) is 0.111. The third-order valence-corrected chi connectivity index (χ3v) is 1.92. The minimum Gasteiger partial charge on any atom is -0.378 e. The van der Waals surface area contributed by atoms with Gasteiger partial charge >= 0.3 is 0 Å². The number of aliphatic hydroxyl groups excluding tert-OH is 1. The third kappa shape index (κ3) is 2.14. The standard InChI is InChI=1S/C9H8F2N2O3/c10-5-2-6(11)4(8(12)15)1-3(5)7(14)9(13)16/h1-2,7,14H,(H2,12,15)(H2,13,16). The van der Waals surface area contributed by atoms with Gasteiger partial charge in [0.2, 0.25) is 0 Å². The Balaban J connectivity index is 3.35. The van der Waals surface area contributed by atoms with Crippen LogP contribution in [0, 0.1) is 11.6 Å². The van der Waals surface area contributed by atoms with Crippen molar-refractivity contribution in [2.45, 2.75) is 6.10 Å². The number of halogens is 2. The molecule has 0 heterocycles. The highest BCUT2D eigenvalue weighted by Crippen LogP contribution is 2.20. The summed E-state index contributed by atoms with van der Waals surface area (Å²) in [7, 11) is 0. The van der Waals surface area contributed by atoms with Gasteiger partial charge in [0.15, 0.2) is 6.10 Å². The molecule has 2 amide bonds. The summed E-state index contributed by atoms with van der Waals surface area (Å²) in [5, 5.41) is 9.19. The van der Waals surface area contributed by atoms with E-state index < -0.39 is 40.7 Å².